The van der Waals surface area contributed by atoms with Gasteiger partial charge in [-0.25, -0.2) is 0 Å². The lowest BCUT2D eigenvalue weighted by Gasteiger charge is -2.39. The number of hydrogen-bond acceptors (Lipinski definition) is 1. The smallest absolute Gasteiger partial charge is 0.00130 e. The second kappa shape index (κ2) is 3.14. The van der Waals surface area contributed by atoms with Crippen LogP contribution < -0.4 is 5.32 Å². The number of rotatable bonds is 0. The molecule has 1 aliphatic rings. The van der Waals surface area contributed by atoms with Gasteiger partial charge >= 0.3 is 0 Å². The van der Waals surface area contributed by atoms with Gasteiger partial charge in [-0.2, -0.15) is 0 Å². The molecule has 0 aromatic carbocycles. The van der Waals surface area contributed by atoms with Crippen molar-refractivity contribution in [2.45, 2.75) is 34.1 Å². The second-order valence-electron chi connectivity index (χ2n) is 4.94. The Kier molecular flexibility index (Phi) is 2.58. The molecule has 0 spiro atoms. The standard InChI is InChI=1S/C10H21N/c1-8-5-6-11-7-9(8)10(2,3)4/h8-9,11H,5-7H2,1-4H3. The topological polar surface area (TPSA) is 12.0 Å². The van der Waals surface area contributed by atoms with Crippen LogP contribution in [0.1, 0.15) is 34.1 Å². The third-order valence-electron chi connectivity index (χ3n) is 2.94. The number of hydrogen-bond donors (Lipinski definition) is 1. The Labute approximate surface area is 70.6 Å². The number of piperidine rings is 1. The minimum absolute atomic E-state index is 0.479. The lowest BCUT2D eigenvalue weighted by Crippen LogP contribution is -2.41. The monoisotopic (exact) mass is 155 g/mol. The zero-order valence-electron chi connectivity index (χ0n) is 8.28. The molecule has 1 fully saturated rings. The van der Waals surface area contributed by atoms with Crippen LogP contribution in [0.15, 0.2) is 0 Å². The average molecular weight is 155 g/mol. The van der Waals surface area contributed by atoms with Gasteiger partial charge in [0.1, 0.15) is 0 Å². The molecule has 2 atom stereocenters. The van der Waals surface area contributed by atoms with Gasteiger partial charge in [-0.05, 0) is 36.8 Å². The molecular weight excluding hydrogens is 134 g/mol. The van der Waals surface area contributed by atoms with Crippen molar-refractivity contribution in [2.24, 2.45) is 17.3 Å². The van der Waals surface area contributed by atoms with Crippen LogP contribution in [0.4, 0.5) is 0 Å². The van der Waals surface area contributed by atoms with E-state index in [0.717, 1.165) is 11.8 Å². The van der Waals surface area contributed by atoms with Crippen molar-refractivity contribution < 1.29 is 0 Å². The molecule has 1 saturated heterocycles. The summed E-state index contributed by atoms with van der Waals surface area (Å²) in [5.74, 6) is 1.76. The first kappa shape index (κ1) is 9.05. The molecule has 2 unspecified atom stereocenters. The first-order valence-corrected chi connectivity index (χ1v) is 4.72. The highest BCUT2D eigenvalue weighted by Gasteiger charge is 2.30. The van der Waals surface area contributed by atoms with Crippen molar-refractivity contribution in [3.05, 3.63) is 0 Å². The van der Waals surface area contributed by atoms with Crippen molar-refractivity contribution in [3.63, 3.8) is 0 Å². The van der Waals surface area contributed by atoms with E-state index in [1.807, 2.05) is 0 Å². The van der Waals surface area contributed by atoms with Gasteiger partial charge in [-0.3, -0.25) is 0 Å². The lowest BCUT2D eigenvalue weighted by molar-refractivity contribution is 0.133. The van der Waals surface area contributed by atoms with Gasteiger partial charge in [-0.15, -0.1) is 0 Å². The molecule has 0 amide bonds. The third kappa shape index (κ3) is 2.19. The predicted molar refractivity (Wildman–Crippen MR) is 49.6 cm³/mol. The molecule has 11 heavy (non-hydrogen) atoms. The molecular formula is C10H21N. The van der Waals surface area contributed by atoms with Crippen LogP contribution in [0.2, 0.25) is 0 Å². The molecule has 0 saturated carbocycles. The van der Waals surface area contributed by atoms with E-state index in [9.17, 15) is 0 Å². The summed E-state index contributed by atoms with van der Waals surface area (Å²) in [4.78, 5) is 0. The van der Waals surface area contributed by atoms with E-state index in [2.05, 4.69) is 33.0 Å². The van der Waals surface area contributed by atoms with Crippen LogP contribution in [0, 0.1) is 17.3 Å². The molecule has 1 nitrogen and oxygen atoms in total. The Morgan fingerprint density at radius 1 is 1.27 bits per heavy atom. The van der Waals surface area contributed by atoms with Crippen LogP contribution in [0.25, 0.3) is 0 Å². The molecule has 0 radical (unpaired) electrons. The minimum atomic E-state index is 0.479. The van der Waals surface area contributed by atoms with Gasteiger partial charge in [-0.1, -0.05) is 27.7 Å². The van der Waals surface area contributed by atoms with E-state index in [4.69, 9.17) is 0 Å². The number of nitrogens with one attached hydrogen (secondary N) is 1. The van der Waals surface area contributed by atoms with Crippen molar-refractivity contribution >= 4 is 0 Å². The molecule has 1 N–H and O–H groups in total. The van der Waals surface area contributed by atoms with Gasteiger partial charge in [0.2, 0.25) is 0 Å². The lowest BCUT2D eigenvalue weighted by atomic mass is 9.71. The largest absolute Gasteiger partial charge is 0.316 e. The highest BCUT2D eigenvalue weighted by atomic mass is 14.9. The van der Waals surface area contributed by atoms with E-state index in [1.54, 1.807) is 0 Å². The fourth-order valence-electron chi connectivity index (χ4n) is 2.15. The Balaban J connectivity index is 2.55. The average Bonchev–Trinajstić information content (AvgIpc) is 1.86. The van der Waals surface area contributed by atoms with Crippen LogP contribution in [0.3, 0.4) is 0 Å². The van der Waals surface area contributed by atoms with E-state index >= 15 is 0 Å². The van der Waals surface area contributed by atoms with Gasteiger partial charge < -0.3 is 5.32 Å². The van der Waals surface area contributed by atoms with Gasteiger partial charge in [0, 0.05) is 0 Å². The van der Waals surface area contributed by atoms with Gasteiger partial charge in [0.25, 0.3) is 0 Å². The Hall–Kier alpha value is -0.0400. The minimum Gasteiger partial charge on any atom is -0.316 e. The van der Waals surface area contributed by atoms with Crippen molar-refractivity contribution in [2.75, 3.05) is 13.1 Å². The zero-order chi connectivity index (χ0) is 8.48. The molecule has 0 bridgehead atoms. The van der Waals surface area contributed by atoms with Crippen molar-refractivity contribution in [1.29, 1.82) is 0 Å². The van der Waals surface area contributed by atoms with E-state index in [-0.39, 0.29) is 0 Å². The highest BCUT2D eigenvalue weighted by Crippen LogP contribution is 2.34. The molecule has 1 heterocycles. The van der Waals surface area contributed by atoms with Gasteiger partial charge in [0.15, 0.2) is 0 Å². The summed E-state index contributed by atoms with van der Waals surface area (Å²) in [5, 5.41) is 3.47. The first-order valence-electron chi connectivity index (χ1n) is 4.72. The maximum atomic E-state index is 3.47. The second-order valence-corrected chi connectivity index (χ2v) is 4.94. The normalized spacial score (nSPS) is 33.8. The zero-order valence-corrected chi connectivity index (χ0v) is 8.28. The summed E-state index contributed by atoms with van der Waals surface area (Å²) in [6.45, 7) is 11.9. The quantitative estimate of drug-likeness (QED) is 0.566. The molecule has 1 aliphatic heterocycles. The molecule has 1 rings (SSSR count). The summed E-state index contributed by atoms with van der Waals surface area (Å²) in [6, 6.07) is 0. The van der Waals surface area contributed by atoms with E-state index < -0.39 is 0 Å². The first-order chi connectivity index (χ1) is 5.02. The van der Waals surface area contributed by atoms with Crippen molar-refractivity contribution in [1.82, 2.24) is 5.32 Å². The third-order valence-corrected chi connectivity index (χ3v) is 2.94. The summed E-state index contributed by atoms with van der Waals surface area (Å²) in [5.41, 5.74) is 0.479. The summed E-state index contributed by atoms with van der Waals surface area (Å²) in [7, 11) is 0. The molecule has 0 aromatic heterocycles. The van der Waals surface area contributed by atoms with Gasteiger partial charge in [0.05, 0.1) is 0 Å². The van der Waals surface area contributed by atoms with Crippen LogP contribution in [-0.2, 0) is 0 Å². The Bertz CT molecular complexity index is 123. The molecule has 0 aliphatic carbocycles. The predicted octanol–water partition coefficient (Wildman–Crippen LogP) is 2.28. The van der Waals surface area contributed by atoms with E-state index in [0.29, 0.717) is 5.41 Å². The summed E-state index contributed by atoms with van der Waals surface area (Å²) >= 11 is 0. The molecule has 66 valence electrons. The molecule has 0 aromatic rings. The van der Waals surface area contributed by atoms with E-state index in [1.165, 1.54) is 19.5 Å². The fraction of sp³-hybridized carbons (Fsp3) is 1.00. The fourth-order valence-corrected chi connectivity index (χ4v) is 2.15. The maximum Gasteiger partial charge on any atom is -0.00130 e. The summed E-state index contributed by atoms with van der Waals surface area (Å²) in [6.07, 6.45) is 1.35. The molecule has 1 heteroatoms. The Morgan fingerprint density at radius 3 is 2.27 bits per heavy atom. The SMILES string of the molecule is CC1CCNCC1C(C)(C)C. The Morgan fingerprint density at radius 2 is 1.91 bits per heavy atom. The maximum absolute atomic E-state index is 3.47. The van der Waals surface area contributed by atoms with Crippen LogP contribution >= 0.6 is 0 Å². The highest BCUT2D eigenvalue weighted by molar-refractivity contribution is 4.83. The van der Waals surface area contributed by atoms with Crippen LogP contribution in [-0.4, -0.2) is 13.1 Å². The summed E-state index contributed by atoms with van der Waals surface area (Å²) < 4.78 is 0. The van der Waals surface area contributed by atoms with Crippen molar-refractivity contribution in [3.8, 4) is 0 Å². The van der Waals surface area contributed by atoms with Crippen LogP contribution in [0.5, 0.6) is 0 Å².